The Morgan fingerprint density at radius 1 is 1.33 bits per heavy atom. The Hall–Kier alpha value is -1.57. The summed E-state index contributed by atoms with van der Waals surface area (Å²) in [5, 5.41) is 6.90. The molecule has 0 saturated heterocycles. The summed E-state index contributed by atoms with van der Waals surface area (Å²) in [5.41, 5.74) is 7.73. The van der Waals surface area contributed by atoms with Crippen LogP contribution in [-0.2, 0) is 16.0 Å². The minimum atomic E-state index is -0.515. The fraction of sp³-hybridized carbons (Fsp3) is 0.333. The van der Waals surface area contributed by atoms with E-state index in [0.29, 0.717) is 11.4 Å². The van der Waals surface area contributed by atoms with E-state index in [9.17, 15) is 4.79 Å². The highest BCUT2D eigenvalue weighted by Crippen LogP contribution is 2.27. The molecule has 0 aliphatic heterocycles. The van der Waals surface area contributed by atoms with Crippen LogP contribution in [-0.4, -0.2) is 21.8 Å². The number of nitrogens with one attached hydrogen (secondary N) is 1. The van der Waals surface area contributed by atoms with Gasteiger partial charge in [0.2, 0.25) is 0 Å². The van der Waals surface area contributed by atoms with Crippen molar-refractivity contribution < 1.29 is 9.53 Å². The summed E-state index contributed by atoms with van der Waals surface area (Å²) in [6.45, 7) is 5.51. The summed E-state index contributed by atoms with van der Waals surface area (Å²) < 4.78 is 6.48. The largest absolute Gasteiger partial charge is 0.460 e. The molecule has 0 saturated carbocycles. The lowest BCUT2D eigenvalue weighted by atomic mass is 10.1. The summed E-state index contributed by atoms with van der Waals surface area (Å²) in [7, 11) is 0. The zero-order valence-electron chi connectivity index (χ0n) is 12.2. The predicted octanol–water partition coefficient (Wildman–Crippen LogP) is 3.15. The molecule has 1 aromatic heterocycles. The molecule has 2 rings (SSSR count). The fourth-order valence-electron chi connectivity index (χ4n) is 1.94. The number of aromatic nitrogens is 2. The van der Waals surface area contributed by atoms with Gasteiger partial charge in [-0.15, -0.1) is 0 Å². The van der Waals surface area contributed by atoms with Crippen LogP contribution in [0.3, 0.4) is 0 Å². The lowest BCUT2D eigenvalue weighted by Crippen LogP contribution is -2.25. The van der Waals surface area contributed by atoms with E-state index < -0.39 is 5.60 Å². The van der Waals surface area contributed by atoms with Gasteiger partial charge in [-0.05, 0) is 61.1 Å². The van der Waals surface area contributed by atoms with Crippen molar-refractivity contribution in [2.75, 3.05) is 5.73 Å². The third-order valence-corrected chi connectivity index (χ3v) is 3.49. The first kappa shape index (κ1) is 15.8. The summed E-state index contributed by atoms with van der Waals surface area (Å²) in [5.74, 6) is 0.0109. The Balaban J connectivity index is 2.26. The van der Waals surface area contributed by atoms with Crippen LogP contribution in [0.25, 0.3) is 11.3 Å². The lowest BCUT2D eigenvalue weighted by molar-refractivity contribution is -0.153. The van der Waals surface area contributed by atoms with Crippen molar-refractivity contribution in [3.63, 3.8) is 0 Å². The second kappa shape index (κ2) is 6.05. The Morgan fingerprint density at radius 3 is 2.52 bits per heavy atom. The van der Waals surface area contributed by atoms with E-state index in [1.54, 1.807) is 0 Å². The van der Waals surface area contributed by atoms with Gasteiger partial charge in [-0.2, -0.15) is 5.10 Å². The monoisotopic (exact) mass is 399 g/mol. The van der Waals surface area contributed by atoms with E-state index >= 15 is 0 Å². The third-order valence-electron chi connectivity index (χ3n) is 2.77. The Labute approximate surface area is 137 Å². The number of carbonyl (C=O) groups is 1. The van der Waals surface area contributed by atoms with Gasteiger partial charge in [-0.1, -0.05) is 12.1 Å². The maximum absolute atomic E-state index is 12.0. The minimum absolute atomic E-state index is 0.0981. The SMILES string of the molecule is CC(C)(C)OC(=O)Cc1c(N)n[nH]c1-c1ccc(I)cc1. The smallest absolute Gasteiger partial charge is 0.311 e. The van der Waals surface area contributed by atoms with Crippen molar-refractivity contribution >= 4 is 34.4 Å². The van der Waals surface area contributed by atoms with Crippen molar-refractivity contribution in [1.29, 1.82) is 0 Å². The number of H-pyrrole nitrogens is 1. The van der Waals surface area contributed by atoms with Gasteiger partial charge in [0.05, 0.1) is 12.1 Å². The first-order valence-electron chi connectivity index (χ1n) is 6.57. The molecule has 0 bridgehead atoms. The molecule has 3 N–H and O–H groups in total. The van der Waals surface area contributed by atoms with Crippen LogP contribution < -0.4 is 5.73 Å². The van der Waals surface area contributed by atoms with Gasteiger partial charge in [-0.25, -0.2) is 0 Å². The number of nitrogen functional groups attached to an aromatic ring is 1. The molecular weight excluding hydrogens is 381 g/mol. The first-order chi connectivity index (χ1) is 9.76. The van der Waals surface area contributed by atoms with Gasteiger partial charge < -0.3 is 10.5 Å². The maximum atomic E-state index is 12.0. The number of rotatable bonds is 3. The number of aromatic amines is 1. The number of halogens is 1. The van der Waals surface area contributed by atoms with Crippen LogP contribution in [0.1, 0.15) is 26.3 Å². The molecule has 0 spiro atoms. The zero-order valence-corrected chi connectivity index (χ0v) is 14.4. The van der Waals surface area contributed by atoms with Crippen molar-refractivity contribution in [3.05, 3.63) is 33.4 Å². The maximum Gasteiger partial charge on any atom is 0.311 e. The summed E-state index contributed by atoms with van der Waals surface area (Å²) in [6, 6.07) is 7.91. The summed E-state index contributed by atoms with van der Waals surface area (Å²) in [4.78, 5) is 12.0. The Morgan fingerprint density at radius 2 is 1.95 bits per heavy atom. The number of ether oxygens (including phenoxy) is 1. The molecular formula is C15H18IN3O2. The molecule has 0 unspecified atom stereocenters. The molecule has 2 aromatic rings. The molecule has 112 valence electrons. The van der Waals surface area contributed by atoms with E-state index in [2.05, 4.69) is 32.8 Å². The number of benzene rings is 1. The highest BCUT2D eigenvalue weighted by atomic mass is 127. The molecule has 0 aliphatic carbocycles. The lowest BCUT2D eigenvalue weighted by Gasteiger charge is -2.19. The Bertz CT molecular complexity index is 642. The summed E-state index contributed by atoms with van der Waals surface area (Å²) >= 11 is 2.24. The third kappa shape index (κ3) is 4.20. The molecule has 0 radical (unpaired) electrons. The van der Waals surface area contributed by atoms with Crippen LogP contribution in [0.15, 0.2) is 24.3 Å². The molecule has 1 aromatic carbocycles. The van der Waals surface area contributed by atoms with Crippen LogP contribution in [0, 0.1) is 3.57 Å². The highest BCUT2D eigenvalue weighted by molar-refractivity contribution is 14.1. The number of nitrogens with zero attached hydrogens (tertiary/aromatic N) is 1. The normalized spacial score (nSPS) is 11.4. The van der Waals surface area contributed by atoms with Gasteiger partial charge >= 0.3 is 5.97 Å². The van der Waals surface area contributed by atoms with Crippen LogP contribution in [0.2, 0.25) is 0 Å². The van der Waals surface area contributed by atoms with Crippen molar-refractivity contribution in [3.8, 4) is 11.3 Å². The fourth-order valence-corrected chi connectivity index (χ4v) is 2.29. The highest BCUT2D eigenvalue weighted by Gasteiger charge is 2.21. The average Bonchev–Trinajstić information content (AvgIpc) is 2.70. The molecule has 0 amide bonds. The van der Waals surface area contributed by atoms with E-state index in [4.69, 9.17) is 10.5 Å². The number of hydrogen-bond acceptors (Lipinski definition) is 4. The van der Waals surface area contributed by atoms with Gasteiger partial charge in [0, 0.05) is 9.13 Å². The van der Waals surface area contributed by atoms with Crippen LogP contribution in [0.4, 0.5) is 5.82 Å². The molecule has 0 fully saturated rings. The second-order valence-corrected chi connectivity index (χ2v) is 6.98. The van der Waals surface area contributed by atoms with Gasteiger partial charge in [0.15, 0.2) is 0 Å². The number of anilines is 1. The topological polar surface area (TPSA) is 81.0 Å². The molecule has 0 atom stereocenters. The van der Waals surface area contributed by atoms with Crippen molar-refractivity contribution in [2.24, 2.45) is 0 Å². The van der Waals surface area contributed by atoms with Crippen molar-refractivity contribution in [2.45, 2.75) is 32.8 Å². The van der Waals surface area contributed by atoms with Crippen LogP contribution in [0.5, 0.6) is 0 Å². The minimum Gasteiger partial charge on any atom is -0.460 e. The first-order valence-corrected chi connectivity index (χ1v) is 7.64. The molecule has 5 nitrogen and oxygen atoms in total. The van der Waals surface area contributed by atoms with Crippen molar-refractivity contribution in [1.82, 2.24) is 10.2 Å². The number of carbonyl (C=O) groups excluding carboxylic acids is 1. The van der Waals surface area contributed by atoms with E-state index in [0.717, 1.165) is 14.8 Å². The number of hydrogen-bond donors (Lipinski definition) is 2. The molecule has 6 heteroatoms. The number of nitrogens with two attached hydrogens (primary N) is 1. The summed E-state index contributed by atoms with van der Waals surface area (Å²) in [6.07, 6.45) is 0.0981. The van der Waals surface area contributed by atoms with E-state index in [-0.39, 0.29) is 12.4 Å². The molecule has 21 heavy (non-hydrogen) atoms. The predicted molar refractivity (Wildman–Crippen MR) is 90.7 cm³/mol. The number of esters is 1. The standard InChI is InChI=1S/C15H18IN3O2/c1-15(2,3)21-12(20)8-11-13(18-19-14(11)17)9-4-6-10(16)7-5-9/h4-7H,8H2,1-3H3,(H3,17,18,19). The van der Waals surface area contributed by atoms with Gasteiger partial charge in [0.25, 0.3) is 0 Å². The van der Waals surface area contributed by atoms with Gasteiger partial charge in [-0.3, -0.25) is 9.89 Å². The Kier molecular flexibility index (Phi) is 4.55. The average molecular weight is 399 g/mol. The zero-order chi connectivity index (χ0) is 15.6. The second-order valence-electron chi connectivity index (χ2n) is 5.73. The van der Waals surface area contributed by atoms with Gasteiger partial charge in [0.1, 0.15) is 11.4 Å². The molecule has 0 aliphatic rings. The van der Waals surface area contributed by atoms with Crippen LogP contribution >= 0.6 is 22.6 Å². The van der Waals surface area contributed by atoms with E-state index in [1.807, 2.05) is 45.0 Å². The molecule has 1 heterocycles. The van der Waals surface area contributed by atoms with E-state index in [1.165, 1.54) is 0 Å². The quantitative estimate of drug-likeness (QED) is 0.614.